The molecule has 0 aliphatic carbocycles. The van der Waals surface area contributed by atoms with Crippen LogP contribution < -0.4 is 15.1 Å². The maximum atomic E-state index is 11.7. The Labute approximate surface area is 204 Å². The summed E-state index contributed by atoms with van der Waals surface area (Å²) in [5, 5.41) is 21.4. The van der Waals surface area contributed by atoms with E-state index in [1.54, 1.807) is 29.7 Å². The maximum absolute atomic E-state index is 11.7. The molecule has 178 valence electrons. The van der Waals surface area contributed by atoms with Gasteiger partial charge in [-0.15, -0.1) is 0 Å². The average molecular weight is 469 g/mol. The lowest BCUT2D eigenvalue weighted by molar-refractivity contribution is 0.0706. The van der Waals surface area contributed by atoms with Crippen LogP contribution in [0.1, 0.15) is 22.8 Å². The summed E-state index contributed by atoms with van der Waals surface area (Å²) in [6.07, 6.45) is 2.02. The van der Waals surface area contributed by atoms with Gasteiger partial charge in [-0.25, -0.2) is 5.48 Å². The molecule has 0 atom stereocenters. The number of rotatable bonds is 9. The molecule has 0 radical (unpaired) electrons. The third-order valence-corrected chi connectivity index (χ3v) is 5.81. The fourth-order valence-corrected chi connectivity index (χ4v) is 4.00. The molecule has 0 heterocycles. The van der Waals surface area contributed by atoms with Crippen LogP contribution in [-0.2, 0) is 0 Å². The summed E-state index contributed by atoms with van der Waals surface area (Å²) in [5.41, 5.74) is 4.64. The van der Waals surface area contributed by atoms with Gasteiger partial charge < -0.3 is 14.7 Å². The number of ether oxygens (including phenoxy) is 1. The van der Waals surface area contributed by atoms with Crippen molar-refractivity contribution in [1.82, 2.24) is 5.48 Å². The second-order valence-corrected chi connectivity index (χ2v) is 8.13. The number of carbonyl (C=O) groups excluding carboxylic acids is 1. The molecule has 0 aromatic heterocycles. The number of hydrogen-bond acceptors (Lipinski definition) is 5. The lowest BCUT2D eigenvalue weighted by Gasteiger charge is -2.25. The lowest BCUT2D eigenvalue weighted by atomic mass is 10.1. The Hall–Kier alpha value is -4.29. The van der Waals surface area contributed by atoms with Crippen molar-refractivity contribution < 1.29 is 19.8 Å². The highest BCUT2D eigenvalue weighted by Crippen LogP contribution is 2.29. The quantitative estimate of drug-likeness (QED) is 0.218. The number of benzene rings is 4. The first kappa shape index (κ1) is 23.9. The van der Waals surface area contributed by atoms with Gasteiger partial charge in [-0.1, -0.05) is 66.7 Å². The van der Waals surface area contributed by atoms with Gasteiger partial charge in [0.1, 0.15) is 18.1 Å². The number of phenols is 1. The molecule has 35 heavy (non-hydrogen) atoms. The fraction of sp³-hybridized carbons (Fsp3) is 0.138. The van der Waals surface area contributed by atoms with Gasteiger partial charge in [0.2, 0.25) is 0 Å². The lowest BCUT2D eigenvalue weighted by Crippen LogP contribution is -2.27. The van der Waals surface area contributed by atoms with Crippen LogP contribution in [0.25, 0.3) is 16.8 Å². The first-order valence-electron chi connectivity index (χ1n) is 11.5. The van der Waals surface area contributed by atoms with E-state index in [4.69, 9.17) is 9.94 Å². The van der Waals surface area contributed by atoms with Crippen molar-refractivity contribution in [3.05, 3.63) is 108 Å². The van der Waals surface area contributed by atoms with Gasteiger partial charge >= 0.3 is 0 Å². The van der Waals surface area contributed by atoms with Crippen molar-refractivity contribution in [3.63, 3.8) is 0 Å². The number of phenolic OH excluding ortho intramolecular Hbond substituents is 1. The van der Waals surface area contributed by atoms with Crippen molar-refractivity contribution in [2.45, 2.75) is 6.92 Å². The SMILES string of the molecule is CCN(CC(=Cc1ccc(C(=O)NO)cc1)COc1cccc2ccccc12)c1ccccc1O. The van der Waals surface area contributed by atoms with Crippen LogP contribution in [0.4, 0.5) is 5.69 Å². The minimum atomic E-state index is -0.559. The van der Waals surface area contributed by atoms with Crippen LogP contribution in [0.3, 0.4) is 0 Å². The highest BCUT2D eigenvalue weighted by molar-refractivity contribution is 5.93. The van der Waals surface area contributed by atoms with Gasteiger partial charge in [0.15, 0.2) is 0 Å². The smallest absolute Gasteiger partial charge is 0.274 e. The molecule has 0 saturated heterocycles. The summed E-state index contributed by atoms with van der Waals surface area (Å²) in [6.45, 7) is 3.62. The van der Waals surface area contributed by atoms with Crippen LogP contribution >= 0.6 is 0 Å². The molecule has 4 rings (SSSR count). The van der Waals surface area contributed by atoms with E-state index in [0.717, 1.165) is 33.3 Å². The molecule has 1 amide bonds. The minimum Gasteiger partial charge on any atom is -0.506 e. The van der Waals surface area contributed by atoms with E-state index in [9.17, 15) is 9.90 Å². The number of hydroxylamine groups is 1. The molecule has 0 unspecified atom stereocenters. The monoisotopic (exact) mass is 468 g/mol. The second kappa shape index (κ2) is 11.2. The number of fused-ring (bicyclic) bond motifs is 1. The predicted octanol–water partition coefficient (Wildman–Crippen LogP) is 5.65. The van der Waals surface area contributed by atoms with Crippen molar-refractivity contribution in [2.75, 3.05) is 24.6 Å². The van der Waals surface area contributed by atoms with Crippen molar-refractivity contribution in [2.24, 2.45) is 0 Å². The summed E-state index contributed by atoms with van der Waals surface area (Å²) >= 11 is 0. The predicted molar refractivity (Wildman–Crippen MR) is 139 cm³/mol. The fourth-order valence-electron chi connectivity index (χ4n) is 4.00. The van der Waals surface area contributed by atoms with Gasteiger partial charge in [0.05, 0.1) is 5.69 Å². The third-order valence-electron chi connectivity index (χ3n) is 5.81. The average Bonchev–Trinajstić information content (AvgIpc) is 2.90. The Kier molecular flexibility index (Phi) is 7.65. The van der Waals surface area contributed by atoms with Crippen molar-refractivity contribution in [1.29, 1.82) is 0 Å². The Morgan fingerprint density at radius 2 is 1.66 bits per heavy atom. The Bertz CT molecular complexity index is 1330. The molecule has 0 saturated carbocycles. The standard InChI is InChI=1S/C29H28N2O4/c1-2-31(26-11-5-6-12-27(26)32)19-22(18-21-14-16-24(17-15-21)29(33)30-34)20-35-28-13-7-9-23-8-3-4-10-25(23)28/h3-18,32,34H,2,19-20H2,1H3,(H,30,33). The van der Waals surface area contributed by atoms with Crippen LogP contribution in [0.2, 0.25) is 0 Å². The van der Waals surface area contributed by atoms with Crippen LogP contribution in [0.15, 0.2) is 96.6 Å². The number of aromatic hydroxyl groups is 1. The molecule has 6 nitrogen and oxygen atoms in total. The maximum Gasteiger partial charge on any atom is 0.274 e. The summed E-state index contributed by atoms with van der Waals surface area (Å²) in [5.74, 6) is 0.467. The highest BCUT2D eigenvalue weighted by Gasteiger charge is 2.13. The molecule has 0 bridgehead atoms. The van der Waals surface area contributed by atoms with Crippen molar-refractivity contribution in [3.8, 4) is 11.5 Å². The van der Waals surface area contributed by atoms with Gasteiger partial charge in [-0.2, -0.15) is 0 Å². The summed E-state index contributed by atoms with van der Waals surface area (Å²) in [7, 11) is 0. The number of anilines is 1. The van der Waals surface area contributed by atoms with Gasteiger partial charge in [0, 0.05) is 24.0 Å². The molecule has 0 fully saturated rings. The first-order chi connectivity index (χ1) is 17.1. The zero-order valence-corrected chi connectivity index (χ0v) is 19.5. The molecule has 4 aromatic rings. The molecule has 0 aliphatic rings. The van der Waals surface area contributed by atoms with E-state index in [1.807, 2.05) is 67.6 Å². The van der Waals surface area contributed by atoms with E-state index < -0.39 is 5.91 Å². The van der Waals surface area contributed by atoms with E-state index in [1.165, 1.54) is 0 Å². The minimum absolute atomic E-state index is 0.225. The molecular weight excluding hydrogens is 440 g/mol. The molecular formula is C29H28N2O4. The van der Waals surface area contributed by atoms with E-state index >= 15 is 0 Å². The number of carbonyl (C=O) groups is 1. The number of likely N-dealkylation sites (N-methyl/N-ethyl adjacent to an activating group) is 1. The molecule has 3 N–H and O–H groups in total. The zero-order chi connectivity index (χ0) is 24.6. The van der Waals surface area contributed by atoms with Gasteiger partial charge in [-0.3, -0.25) is 10.0 Å². The number of nitrogens with zero attached hydrogens (tertiary/aromatic N) is 1. The Morgan fingerprint density at radius 3 is 2.40 bits per heavy atom. The second-order valence-electron chi connectivity index (χ2n) is 8.13. The number of amides is 1. The number of nitrogens with one attached hydrogen (secondary N) is 1. The van der Waals surface area contributed by atoms with Gasteiger partial charge in [0.25, 0.3) is 5.91 Å². The van der Waals surface area contributed by atoms with E-state index in [-0.39, 0.29) is 5.75 Å². The van der Waals surface area contributed by atoms with E-state index in [2.05, 4.69) is 17.0 Å². The van der Waals surface area contributed by atoms with Crippen LogP contribution in [0, 0.1) is 0 Å². The largest absolute Gasteiger partial charge is 0.506 e. The van der Waals surface area contributed by atoms with Crippen LogP contribution in [0.5, 0.6) is 11.5 Å². The Morgan fingerprint density at radius 1 is 0.943 bits per heavy atom. The summed E-state index contributed by atoms with van der Waals surface area (Å²) in [4.78, 5) is 13.7. The molecule has 4 aromatic carbocycles. The first-order valence-corrected chi connectivity index (χ1v) is 11.5. The molecule has 0 spiro atoms. The van der Waals surface area contributed by atoms with E-state index in [0.29, 0.717) is 25.3 Å². The zero-order valence-electron chi connectivity index (χ0n) is 19.5. The topological polar surface area (TPSA) is 82.0 Å². The van der Waals surface area contributed by atoms with Gasteiger partial charge in [-0.05, 0) is 53.8 Å². The normalized spacial score (nSPS) is 11.3. The number of hydrogen-bond donors (Lipinski definition) is 3. The molecule has 0 aliphatic heterocycles. The summed E-state index contributed by atoms with van der Waals surface area (Å²) in [6, 6.07) is 28.3. The molecule has 6 heteroatoms. The number of para-hydroxylation sites is 2. The summed E-state index contributed by atoms with van der Waals surface area (Å²) < 4.78 is 6.29. The Balaban J connectivity index is 1.63. The highest BCUT2D eigenvalue weighted by atomic mass is 16.5. The third kappa shape index (κ3) is 5.80. The van der Waals surface area contributed by atoms with Crippen LogP contribution in [-0.4, -0.2) is 35.9 Å². The van der Waals surface area contributed by atoms with Crippen molar-refractivity contribution >= 4 is 28.4 Å².